The Hall–Kier alpha value is -1.08. The lowest BCUT2D eigenvalue weighted by molar-refractivity contribution is 0.590. The van der Waals surface area contributed by atoms with Crippen molar-refractivity contribution < 1.29 is 0 Å². The Balaban J connectivity index is 1.87. The summed E-state index contributed by atoms with van der Waals surface area (Å²) in [5.41, 5.74) is 6.02. The fraction of sp³-hybridized carbons (Fsp3) is 0.524. The van der Waals surface area contributed by atoms with Crippen LogP contribution < -0.4 is 0 Å². The van der Waals surface area contributed by atoms with Crippen molar-refractivity contribution in [1.82, 2.24) is 0 Å². The highest BCUT2D eigenvalue weighted by molar-refractivity contribution is 7.10. The molecule has 0 amide bonds. The second-order valence-corrected chi connectivity index (χ2v) is 7.78. The van der Waals surface area contributed by atoms with Gasteiger partial charge in [-0.15, -0.1) is 11.3 Å². The van der Waals surface area contributed by atoms with Gasteiger partial charge in [0.25, 0.3) is 0 Å². The predicted octanol–water partition coefficient (Wildman–Crippen LogP) is 7.15. The molecule has 1 aromatic heterocycles. The monoisotopic (exact) mass is 312 g/mol. The van der Waals surface area contributed by atoms with E-state index in [1.165, 1.54) is 49.7 Å². The van der Waals surface area contributed by atoms with Gasteiger partial charge in [-0.3, -0.25) is 0 Å². The van der Waals surface area contributed by atoms with Crippen LogP contribution in [0.15, 0.2) is 29.6 Å². The first-order valence-corrected chi connectivity index (χ1v) is 9.82. The van der Waals surface area contributed by atoms with Gasteiger partial charge in [-0.1, -0.05) is 45.4 Å². The van der Waals surface area contributed by atoms with Crippen molar-refractivity contribution in [3.8, 4) is 11.1 Å². The Morgan fingerprint density at radius 1 is 1.18 bits per heavy atom. The van der Waals surface area contributed by atoms with E-state index in [4.69, 9.17) is 0 Å². The number of benzene rings is 1. The molecule has 1 unspecified atom stereocenters. The minimum Gasteiger partial charge on any atom is -0.148 e. The molecule has 2 aromatic rings. The first kappa shape index (κ1) is 15.8. The number of rotatable bonds is 5. The summed E-state index contributed by atoms with van der Waals surface area (Å²) in [4.78, 5) is 1.57. The van der Waals surface area contributed by atoms with Crippen molar-refractivity contribution >= 4 is 11.3 Å². The minimum atomic E-state index is 0.741. The predicted molar refractivity (Wildman–Crippen MR) is 99.0 cm³/mol. The highest BCUT2D eigenvalue weighted by Gasteiger charge is 2.17. The minimum absolute atomic E-state index is 0.741. The summed E-state index contributed by atoms with van der Waals surface area (Å²) < 4.78 is 0. The van der Waals surface area contributed by atoms with Gasteiger partial charge < -0.3 is 0 Å². The third kappa shape index (κ3) is 3.15. The summed E-state index contributed by atoms with van der Waals surface area (Å²) in [5.74, 6) is 1.49. The Morgan fingerprint density at radius 2 is 2.05 bits per heavy atom. The van der Waals surface area contributed by atoms with E-state index in [0.717, 1.165) is 11.8 Å². The summed E-state index contributed by atoms with van der Waals surface area (Å²) in [6.45, 7) is 6.98. The molecular weight excluding hydrogens is 284 g/mol. The maximum Gasteiger partial charge on any atom is 0.00824 e. The average Bonchev–Trinajstić information content (AvgIpc) is 3.02. The molecule has 1 aliphatic rings. The van der Waals surface area contributed by atoms with Gasteiger partial charge in [0.2, 0.25) is 0 Å². The van der Waals surface area contributed by atoms with Gasteiger partial charge in [0, 0.05) is 4.88 Å². The summed E-state index contributed by atoms with van der Waals surface area (Å²) in [5, 5.41) is 2.36. The van der Waals surface area contributed by atoms with E-state index < -0.39 is 0 Å². The maximum atomic E-state index is 2.46. The molecule has 22 heavy (non-hydrogen) atoms. The lowest BCUT2D eigenvalue weighted by Gasteiger charge is -2.22. The molecule has 0 saturated heterocycles. The molecule has 1 aromatic carbocycles. The van der Waals surface area contributed by atoms with Gasteiger partial charge in [0.05, 0.1) is 0 Å². The number of fused-ring (bicyclic) bond motifs is 1. The number of aryl methyl sites for hydroxylation is 1. The third-order valence-electron chi connectivity index (χ3n) is 5.24. The first-order valence-electron chi connectivity index (χ1n) is 8.94. The zero-order valence-electron chi connectivity index (χ0n) is 14.2. The molecule has 1 aliphatic carbocycles. The largest absolute Gasteiger partial charge is 0.148 e. The van der Waals surface area contributed by atoms with E-state index in [9.17, 15) is 0 Å². The normalized spacial score (nSPS) is 19.0. The summed E-state index contributed by atoms with van der Waals surface area (Å²) in [6.07, 6.45) is 7.82. The Labute approximate surface area is 139 Å². The van der Waals surface area contributed by atoms with Crippen LogP contribution in [0.25, 0.3) is 11.1 Å². The number of hydrogen-bond acceptors (Lipinski definition) is 1. The summed E-state index contributed by atoms with van der Waals surface area (Å²) >= 11 is 1.95. The van der Waals surface area contributed by atoms with Crippen molar-refractivity contribution in [3.63, 3.8) is 0 Å². The molecular formula is C21H28S. The summed E-state index contributed by atoms with van der Waals surface area (Å²) in [6, 6.07) is 9.63. The van der Waals surface area contributed by atoms with Crippen molar-refractivity contribution in [2.45, 2.75) is 71.1 Å². The lowest BCUT2D eigenvalue weighted by atomic mass is 9.83. The second kappa shape index (κ2) is 7.00. The van der Waals surface area contributed by atoms with Crippen LogP contribution >= 0.6 is 11.3 Å². The molecule has 0 aliphatic heterocycles. The molecule has 0 bridgehead atoms. The molecule has 0 nitrogen and oxygen atoms in total. The van der Waals surface area contributed by atoms with Gasteiger partial charge in [-0.05, 0) is 77.6 Å². The molecule has 0 radical (unpaired) electrons. The van der Waals surface area contributed by atoms with E-state index in [1.807, 2.05) is 11.3 Å². The molecule has 0 saturated carbocycles. The number of thiophene rings is 1. The average molecular weight is 313 g/mol. The molecule has 0 spiro atoms. The maximum absolute atomic E-state index is 2.46. The molecule has 2 atom stereocenters. The molecule has 0 N–H and O–H groups in total. The van der Waals surface area contributed by atoms with Crippen LogP contribution in [0, 0.1) is 0 Å². The fourth-order valence-electron chi connectivity index (χ4n) is 3.85. The zero-order valence-corrected chi connectivity index (χ0v) is 15.0. The van der Waals surface area contributed by atoms with E-state index in [-0.39, 0.29) is 0 Å². The van der Waals surface area contributed by atoms with Gasteiger partial charge in [0.1, 0.15) is 0 Å². The van der Waals surface area contributed by atoms with Crippen LogP contribution in [0.2, 0.25) is 0 Å². The zero-order chi connectivity index (χ0) is 15.5. The fourth-order valence-corrected chi connectivity index (χ4v) is 4.99. The molecule has 118 valence electrons. The van der Waals surface area contributed by atoms with E-state index in [2.05, 4.69) is 50.4 Å². The van der Waals surface area contributed by atoms with Crippen LogP contribution in [0.5, 0.6) is 0 Å². The first-order chi connectivity index (χ1) is 10.7. The van der Waals surface area contributed by atoms with Gasteiger partial charge in [-0.25, -0.2) is 0 Å². The Kier molecular flexibility index (Phi) is 5.03. The standard InChI is InChI=1S/C21H28S/c1-4-7-16(5-2)21-13-19(14-22-21)17-10-11-20-15(3)8-6-9-18(20)12-17/h10-16H,4-9H2,1-3H3/t15-,16?/m0/s1. The molecule has 1 heterocycles. The van der Waals surface area contributed by atoms with Crippen molar-refractivity contribution in [3.05, 3.63) is 45.6 Å². The van der Waals surface area contributed by atoms with Crippen LogP contribution in [0.4, 0.5) is 0 Å². The summed E-state index contributed by atoms with van der Waals surface area (Å²) in [7, 11) is 0. The van der Waals surface area contributed by atoms with Gasteiger partial charge in [-0.2, -0.15) is 0 Å². The SMILES string of the molecule is CCCC(CC)c1cc(-c2ccc3c(c2)CCC[C@@H]3C)cs1. The smallest absolute Gasteiger partial charge is 0.00824 e. The van der Waals surface area contributed by atoms with Crippen LogP contribution in [-0.4, -0.2) is 0 Å². The van der Waals surface area contributed by atoms with Crippen LogP contribution in [0.1, 0.15) is 80.7 Å². The highest BCUT2D eigenvalue weighted by Crippen LogP contribution is 2.37. The van der Waals surface area contributed by atoms with Crippen molar-refractivity contribution in [1.29, 1.82) is 0 Å². The van der Waals surface area contributed by atoms with Gasteiger partial charge in [0.15, 0.2) is 0 Å². The quantitative estimate of drug-likeness (QED) is 0.550. The van der Waals surface area contributed by atoms with Gasteiger partial charge >= 0.3 is 0 Å². The molecule has 0 fully saturated rings. The van der Waals surface area contributed by atoms with E-state index >= 15 is 0 Å². The second-order valence-electron chi connectivity index (χ2n) is 6.84. The topological polar surface area (TPSA) is 0 Å². The molecule has 3 rings (SSSR count). The molecule has 1 heteroatoms. The highest BCUT2D eigenvalue weighted by atomic mass is 32.1. The van der Waals surface area contributed by atoms with E-state index in [1.54, 1.807) is 16.0 Å². The number of hydrogen-bond donors (Lipinski definition) is 0. The van der Waals surface area contributed by atoms with Crippen LogP contribution in [-0.2, 0) is 6.42 Å². The Morgan fingerprint density at radius 3 is 2.82 bits per heavy atom. The van der Waals surface area contributed by atoms with Crippen LogP contribution in [0.3, 0.4) is 0 Å². The van der Waals surface area contributed by atoms with Crippen molar-refractivity contribution in [2.24, 2.45) is 0 Å². The third-order valence-corrected chi connectivity index (χ3v) is 6.34. The van der Waals surface area contributed by atoms with E-state index in [0.29, 0.717) is 0 Å². The van der Waals surface area contributed by atoms with Crippen molar-refractivity contribution in [2.75, 3.05) is 0 Å². The lowest BCUT2D eigenvalue weighted by Crippen LogP contribution is -2.06. The Bertz CT molecular complexity index is 623.